The van der Waals surface area contributed by atoms with Crippen LogP contribution in [-0.2, 0) is 7.05 Å². The van der Waals surface area contributed by atoms with Crippen LogP contribution in [0.3, 0.4) is 0 Å². The second-order valence-electron chi connectivity index (χ2n) is 2.47. The van der Waals surface area contributed by atoms with E-state index in [2.05, 4.69) is 11.7 Å². The second kappa shape index (κ2) is 3.47. The van der Waals surface area contributed by atoms with Crippen molar-refractivity contribution in [1.29, 1.82) is 0 Å². The molecule has 0 N–H and O–H groups in total. The minimum Gasteiger partial charge on any atom is -0.289 e. The zero-order valence-electron chi connectivity index (χ0n) is 7.00. The minimum absolute atomic E-state index is 0.0903. The smallest absolute Gasteiger partial charge is 0.282 e. The molecule has 0 aromatic carbocycles. The van der Waals surface area contributed by atoms with Gasteiger partial charge >= 0.3 is 0 Å². The molecule has 0 unspecified atom stereocenters. The Morgan fingerprint density at radius 3 is 2.85 bits per heavy atom. The summed E-state index contributed by atoms with van der Waals surface area (Å²) in [4.78, 5) is 11.0. The largest absolute Gasteiger partial charge is 0.289 e. The lowest BCUT2D eigenvalue weighted by Crippen LogP contribution is -1.98. The van der Waals surface area contributed by atoms with Crippen LogP contribution in [0, 0.1) is 0 Å². The van der Waals surface area contributed by atoms with E-state index in [0.29, 0.717) is 0 Å². The van der Waals surface area contributed by atoms with Gasteiger partial charge in [0, 0.05) is 13.2 Å². The SMILES string of the molecule is C=CC(=O)c1cn(C)nc1C(F)F. The van der Waals surface area contributed by atoms with Gasteiger partial charge in [0.1, 0.15) is 5.69 Å². The Balaban J connectivity index is 3.18. The molecule has 0 atom stereocenters. The highest BCUT2D eigenvalue weighted by atomic mass is 19.3. The maximum Gasteiger partial charge on any atom is 0.282 e. The molecular weight excluding hydrogens is 178 g/mol. The molecule has 0 saturated carbocycles. The minimum atomic E-state index is -2.74. The summed E-state index contributed by atoms with van der Waals surface area (Å²) < 4.78 is 25.7. The second-order valence-corrected chi connectivity index (χ2v) is 2.47. The Morgan fingerprint density at radius 2 is 2.38 bits per heavy atom. The van der Waals surface area contributed by atoms with Crippen molar-refractivity contribution in [2.75, 3.05) is 0 Å². The van der Waals surface area contributed by atoms with Crippen molar-refractivity contribution in [3.05, 3.63) is 30.1 Å². The molecule has 0 saturated heterocycles. The highest BCUT2D eigenvalue weighted by molar-refractivity contribution is 6.04. The highest BCUT2D eigenvalue weighted by Crippen LogP contribution is 2.21. The van der Waals surface area contributed by atoms with E-state index in [1.165, 1.54) is 17.9 Å². The molecule has 5 heteroatoms. The van der Waals surface area contributed by atoms with Crippen molar-refractivity contribution in [1.82, 2.24) is 9.78 Å². The van der Waals surface area contributed by atoms with Gasteiger partial charge in [-0.25, -0.2) is 8.78 Å². The molecule has 0 aliphatic rings. The number of rotatable bonds is 3. The predicted molar refractivity (Wildman–Crippen MR) is 42.7 cm³/mol. The first-order valence-electron chi connectivity index (χ1n) is 3.54. The summed E-state index contributed by atoms with van der Waals surface area (Å²) in [5.74, 6) is -0.539. The maximum absolute atomic E-state index is 12.3. The third-order valence-electron chi connectivity index (χ3n) is 1.51. The van der Waals surface area contributed by atoms with Crippen molar-refractivity contribution in [3.8, 4) is 0 Å². The van der Waals surface area contributed by atoms with Crippen LogP contribution in [0.15, 0.2) is 18.9 Å². The van der Waals surface area contributed by atoms with Crippen LogP contribution < -0.4 is 0 Å². The third-order valence-corrected chi connectivity index (χ3v) is 1.51. The summed E-state index contributed by atoms with van der Waals surface area (Å²) >= 11 is 0. The molecule has 1 aromatic heterocycles. The van der Waals surface area contributed by atoms with Crippen LogP contribution in [0.5, 0.6) is 0 Å². The summed E-state index contributed by atoms with van der Waals surface area (Å²) in [5.41, 5.74) is -0.583. The zero-order valence-corrected chi connectivity index (χ0v) is 7.00. The zero-order chi connectivity index (χ0) is 10.0. The van der Waals surface area contributed by atoms with Crippen molar-refractivity contribution in [2.45, 2.75) is 6.43 Å². The van der Waals surface area contributed by atoms with Gasteiger partial charge in [-0.15, -0.1) is 0 Å². The van der Waals surface area contributed by atoms with E-state index in [0.717, 1.165) is 6.08 Å². The lowest BCUT2D eigenvalue weighted by Gasteiger charge is -1.94. The van der Waals surface area contributed by atoms with Crippen LogP contribution in [-0.4, -0.2) is 15.6 Å². The lowest BCUT2D eigenvalue weighted by molar-refractivity contribution is 0.103. The molecule has 13 heavy (non-hydrogen) atoms. The first-order chi connectivity index (χ1) is 6.06. The van der Waals surface area contributed by atoms with Gasteiger partial charge in [-0.05, 0) is 6.08 Å². The van der Waals surface area contributed by atoms with Crippen molar-refractivity contribution in [2.24, 2.45) is 7.05 Å². The highest BCUT2D eigenvalue weighted by Gasteiger charge is 2.20. The number of carbonyl (C=O) groups is 1. The van der Waals surface area contributed by atoms with E-state index in [-0.39, 0.29) is 5.56 Å². The quantitative estimate of drug-likeness (QED) is 0.532. The molecule has 0 bridgehead atoms. The van der Waals surface area contributed by atoms with E-state index in [1.807, 2.05) is 0 Å². The summed E-state index contributed by atoms with van der Waals surface area (Å²) in [7, 11) is 1.48. The molecular formula is C8H8F2N2O. The monoisotopic (exact) mass is 186 g/mol. The Kier molecular flexibility index (Phi) is 2.55. The summed E-state index contributed by atoms with van der Waals surface area (Å²) in [5, 5.41) is 3.48. The fourth-order valence-electron chi connectivity index (χ4n) is 0.967. The van der Waals surface area contributed by atoms with Crippen LogP contribution in [0.2, 0.25) is 0 Å². The number of halogens is 2. The van der Waals surface area contributed by atoms with E-state index >= 15 is 0 Å². The molecule has 1 rings (SSSR count). The number of carbonyl (C=O) groups excluding carboxylic acids is 1. The molecule has 70 valence electrons. The fraction of sp³-hybridized carbons (Fsp3) is 0.250. The third kappa shape index (κ3) is 1.80. The molecule has 0 amide bonds. The topological polar surface area (TPSA) is 34.9 Å². The van der Waals surface area contributed by atoms with E-state index in [9.17, 15) is 13.6 Å². The first kappa shape index (κ1) is 9.57. The average Bonchev–Trinajstić information content (AvgIpc) is 2.46. The van der Waals surface area contributed by atoms with Crippen LogP contribution in [0.4, 0.5) is 8.78 Å². The maximum atomic E-state index is 12.3. The van der Waals surface area contributed by atoms with Gasteiger partial charge in [-0.2, -0.15) is 5.10 Å². The molecule has 0 spiro atoms. The van der Waals surface area contributed by atoms with Gasteiger partial charge in [-0.1, -0.05) is 6.58 Å². The van der Waals surface area contributed by atoms with Crippen LogP contribution in [0.1, 0.15) is 22.5 Å². The summed E-state index contributed by atoms with van der Waals surface area (Å²) in [6.07, 6.45) is -0.492. The fourth-order valence-corrected chi connectivity index (χ4v) is 0.967. The van der Waals surface area contributed by atoms with E-state index in [1.54, 1.807) is 0 Å². The number of aryl methyl sites for hydroxylation is 1. The number of hydrogen-bond donors (Lipinski definition) is 0. The average molecular weight is 186 g/mol. The molecule has 1 heterocycles. The van der Waals surface area contributed by atoms with Crippen molar-refractivity contribution in [3.63, 3.8) is 0 Å². The van der Waals surface area contributed by atoms with E-state index < -0.39 is 17.9 Å². The molecule has 3 nitrogen and oxygen atoms in total. The van der Waals surface area contributed by atoms with Gasteiger partial charge in [0.25, 0.3) is 6.43 Å². The predicted octanol–water partition coefficient (Wildman–Crippen LogP) is 1.73. The summed E-state index contributed by atoms with van der Waals surface area (Å²) in [6, 6.07) is 0. The van der Waals surface area contributed by atoms with Gasteiger partial charge in [-0.3, -0.25) is 9.48 Å². The van der Waals surface area contributed by atoms with Gasteiger partial charge in [0.15, 0.2) is 5.78 Å². The van der Waals surface area contributed by atoms with Crippen LogP contribution in [0.25, 0.3) is 0 Å². The Bertz CT molecular complexity index is 344. The van der Waals surface area contributed by atoms with Crippen LogP contribution >= 0.6 is 0 Å². The number of allylic oxidation sites excluding steroid dienone is 1. The number of aromatic nitrogens is 2. The Labute approximate surface area is 73.7 Å². The molecule has 0 aliphatic heterocycles. The normalized spacial score (nSPS) is 10.5. The van der Waals surface area contributed by atoms with Gasteiger partial charge < -0.3 is 0 Å². The number of hydrogen-bond acceptors (Lipinski definition) is 2. The Morgan fingerprint density at radius 1 is 1.77 bits per heavy atom. The van der Waals surface area contributed by atoms with Gasteiger partial charge in [0.05, 0.1) is 5.56 Å². The lowest BCUT2D eigenvalue weighted by atomic mass is 10.1. The summed E-state index contributed by atoms with van der Waals surface area (Å²) in [6.45, 7) is 3.22. The first-order valence-corrected chi connectivity index (χ1v) is 3.54. The molecule has 1 aromatic rings. The standard InChI is InChI=1S/C8H8F2N2O/c1-3-6(13)5-4-12(2)11-7(5)8(9)10/h3-4,8H,1H2,2H3. The molecule has 0 fully saturated rings. The van der Waals surface area contributed by atoms with Crippen molar-refractivity contribution >= 4 is 5.78 Å². The molecule has 0 radical (unpaired) electrons. The Hall–Kier alpha value is -1.52. The van der Waals surface area contributed by atoms with E-state index in [4.69, 9.17) is 0 Å². The molecule has 0 aliphatic carbocycles. The van der Waals surface area contributed by atoms with Crippen molar-refractivity contribution < 1.29 is 13.6 Å². The number of alkyl halides is 2. The number of nitrogens with zero attached hydrogens (tertiary/aromatic N) is 2. The number of ketones is 1. The van der Waals surface area contributed by atoms with Gasteiger partial charge in [0.2, 0.25) is 0 Å².